The summed E-state index contributed by atoms with van der Waals surface area (Å²) < 4.78 is 0. The lowest BCUT2D eigenvalue weighted by atomic mass is 10.3. The number of hydrogen-bond donors (Lipinski definition) is 1. The Hall–Kier alpha value is -2.34. The van der Waals surface area contributed by atoms with E-state index in [-0.39, 0.29) is 5.91 Å². The van der Waals surface area contributed by atoms with Crippen LogP contribution in [0, 0.1) is 0 Å². The molecule has 2 aromatic heterocycles. The van der Waals surface area contributed by atoms with E-state index in [9.17, 15) is 4.79 Å². The molecule has 1 aromatic carbocycles. The Morgan fingerprint density at radius 2 is 2.05 bits per heavy atom. The molecular weight excluding hydrogens is 296 g/mol. The molecule has 6 heteroatoms. The van der Waals surface area contributed by atoms with Crippen LogP contribution >= 0.6 is 11.8 Å². The van der Waals surface area contributed by atoms with E-state index in [1.165, 1.54) is 11.8 Å². The lowest BCUT2D eigenvalue weighted by Gasteiger charge is -2.20. The monoisotopic (exact) mass is 312 g/mol. The molecular formula is C16H16N4OS. The third kappa shape index (κ3) is 3.12. The molecule has 1 amide bonds. The summed E-state index contributed by atoms with van der Waals surface area (Å²) in [6.45, 7) is 2.62. The van der Waals surface area contributed by atoms with E-state index >= 15 is 0 Å². The average molecular weight is 312 g/mol. The van der Waals surface area contributed by atoms with Crippen LogP contribution in [0.3, 0.4) is 0 Å². The van der Waals surface area contributed by atoms with E-state index in [1.807, 2.05) is 49.4 Å². The van der Waals surface area contributed by atoms with Crippen molar-refractivity contribution in [3.8, 4) is 0 Å². The van der Waals surface area contributed by atoms with Gasteiger partial charge in [-0.3, -0.25) is 4.79 Å². The molecule has 0 saturated heterocycles. The molecule has 22 heavy (non-hydrogen) atoms. The van der Waals surface area contributed by atoms with Crippen molar-refractivity contribution in [3.63, 3.8) is 0 Å². The summed E-state index contributed by atoms with van der Waals surface area (Å²) in [4.78, 5) is 25.9. The molecule has 0 atom stereocenters. The van der Waals surface area contributed by atoms with E-state index in [2.05, 4.69) is 15.0 Å². The molecule has 2 heterocycles. The van der Waals surface area contributed by atoms with Crippen LogP contribution in [0.25, 0.3) is 11.2 Å². The summed E-state index contributed by atoms with van der Waals surface area (Å²) in [6, 6.07) is 13.5. The molecule has 5 nitrogen and oxygen atoms in total. The average Bonchev–Trinajstić information content (AvgIpc) is 2.97. The number of nitrogens with zero attached hydrogens (tertiary/aromatic N) is 3. The van der Waals surface area contributed by atoms with Gasteiger partial charge in [0.05, 0.1) is 11.3 Å². The molecule has 0 bridgehead atoms. The molecule has 0 aliphatic carbocycles. The lowest BCUT2D eigenvalue weighted by molar-refractivity contribution is -0.116. The summed E-state index contributed by atoms with van der Waals surface area (Å²) in [5, 5.41) is 0.714. The third-order valence-corrected chi connectivity index (χ3v) is 4.11. The highest BCUT2D eigenvalue weighted by Crippen LogP contribution is 2.20. The van der Waals surface area contributed by atoms with Crippen molar-refractivity contribution in [2.75, 3.05) is 17.2 Å². The number of thioether (sulfide) groups is 1. The summed E-state index contributed by atoms with van der Waals surface area (Å²) in [5.74, 6) is 0.398. The van der Waals surface area contributed by atoms with Gasteiger partial charge in [-0.1, -0.05) is 30.0 Å². The Bertz CT molecular complexity index is 739. The first-order valence-electron chi connectivity index (χ1n) is 7.07. The normalized spacial score (nSPS) is 10.8. The van der Waals surface area contributed by atoms with Crippen LogP contribution in [0.2, 0.25) is 0 Å². The smallest absolute Gasteiger partial charge is 0.237 e. The van der Waals surface area contributed by atoms with Gasteiger partial charge in [-0.05, 0) is 31.2 Å². The Morgan fingerprint density at radius 3 is 2.77 bits per heavy atom. The number of benzene rings is 1. The molecule has 0 radical (unpaired) electrons. The van der Waals surface area contributed by atoms with Gasteiger partial charge in [0.25, 0.3) is 0 Å². The molecule has 0 unspecified atom stereocenters. The fourth-order valence-corrected chi connectivity index (χ4v) is 2.96. The highest BCUT2D eigenvalue weighted by Gasteiger charge is 2.15. The number of aromatic amines is 1. The second-order valence-corrected chi connectivity index (χ2v) is 5.64. The van der Waals surface area contributed by atoms with Crippen LogP contribution in [0.4, 0.5) is 5.69 Å². The maximum Gasteiger partial charge on any atom is 0.237 e. The minimum atomic E-state index is 0.0621. The quantitative estimate of drug-likeness (QED) is 0.735. The molecule has 0 aliphatic rings. The topological polar surface area (TPSA) is 61.9 Å². The third-order valence-electron chi connectivity index (χ3n) is 3.25. The summed E-state index contributed by atoms with van der Waals surface area (Å²) in [6.07, 6.45) is 1.71. The summed E-state index contributed by atoms with van der Waals surface area (Å²) in [5.41, 5.74) is 2.47. The molecule has 0 fully saturated rings. The van der Waals surface area contributed by atoms with Crippen molar-refractivity contribution in [2.45, 2.75) is 12.1 Å². The number of fused-ring (bicyclic) bond motifs is 1. The number of para-hydroxylation sites is 1. The summed E-state index contributed by atoms with van der Waals surface area (Å²) in [7, 11) is 0. The predicted molar refractivity (Wildman–Crippen MR) is 89.1 cm³/mol. The standard InChI is InChI=1S/C16H16N4OS/c1-2-20(12-7-4-3-5-8-12)14(21)11-22-16-18-13-9-6-10-17-15(13)19-16/h3-10H,2,11H2,1H3,(H,17,18,19). The predicted octanol–water partition coefficient (Wildman–Crippen LogP) is 3.10. The zero-order chi connectivity index (χ0) is 15.4. The van der Waals surface area contributed by atoms with Crippen LogP contribution < -0.4 is 4.90 Å². The van der Waals surface area contributed by atoms with E-state index in [1.54, 1.807) is 11.1 Å². The lowest BCUT2D eigenvalue weighted by Crippen LogP contribution is -2.32. The van der Waals surface area contributed by atoms with Crippen LogP contribution in [0.5, 0.6) is 0 Å². The van der Waals surface area contributed by atoms with Gasteiger partial charge in [-0.2, -0.15) is 0 Å². The van der Waals surface area contributed by atoms with Crippen molar-refractivity contribution < 1.29 is 4.79 Å². The number of hydrogen-bond acceptors (Lipinski definition) is 4. The van der Waals surface area contributed by atoms with Gasteiger partial charge in [0, 0.05) is 18.4 Å². The molecule has 1 N–H and O–H groups in total. The van der Waals surface area contributed by atoms with Crippen molar-refractivity contribution in [1.29, 1.82) is 0 Å². The second-order valence-electron chi connectivity index (χ2n) is 4.68. The first kappa shape index (κ1) is 14.6. The van der Waals surface area contributed by atoms with Gasteiger partial charge < -0.3 is 9.88 Å². The number of imidazole rings is 1. The zero-order valence-electron chi connectivity index (χ0n) is 12.2. The number of carbonyl (C=O) groups is 1. The number of H-pyrrole nitrogens is 1. The summed E-state index contributed by atoms with van der Waals surface area (Å²) >= 11 is 1.39. The van der Waals surface area contributed by atoms with Crippen LogP contribution in [-0.4, -0.2) is 33.2 Å². The van der Waals surface area contributed by atoms with Crippen LogP contribution in [0.15, 0.2) is 53.8 Å². The Kier molecular flexibility index (Phi) is 4.39. The molecule has 0 aliphatic heterocycles. The number of nitrogens with one attached hydrogen (secondary N) is 1. The number of carbonyl (C=O) groups excluding carboxylic acids is 1. The molecule has 3 aromatic rings. The van der Waals surface area contributed by atoms with E-state index < -0.39 is 0 Å². The van der Waals surface area contributed by atoms with Gasteiger partial charge in [-0.25, -0.2) is 9.97 Å². The fourth-order valence-electron chi connectivity index (χ4n) is 2.21. The largest absolute Gasteiger partial charge is 0.332 e. The van der Waals surface area contributed by atoms with Gasteiger partial charge in [0.1, 0.15) is 0 Å². The number of anilines is 1. The van der Waals surface area contributed by atoms with E-state index in [4.69, 9.17) is 0 Å². The molecule has 0 spiro atoms. The van der Waals surface area contributed by atoms with E-state index in [0.717, 1.165) is 11.2 Å². The van der Waals surface area contributed by atoms with Crippen LogP contribution in [-0.2, 0) is 4.79 Å². The Morgan fingerprint density at radius 1 is 1.23 bits per heavy atom. The first-order chi connectivity index (χ1) is 10.8. The zero-order valence-corrected chi connectivity index (χ0v) is 13.0. The van der Waals surface area contributed by atoms with Gasteiger partial charge in [0.15, 0.2) is 10.8 Å². The van der Waals surface area contributed by atoms with Crippen molar-refractivity contribution >= 4 is 34.5 Å². The molecule has 112 valence electrons. The van der Waals surface area contributed by atoms with Gasteiger partial charge in [0.2, 0.25) is 5.91 Å². The highest BCUT2D eigenvalue weighted by atomic mass is 32.2. The fraction of sp³-hybridized carbons (Fsp3) is 0.188. The van der Waals surface area contributed by atoms with Gasteiger partial charge >= 0.3 is 0 Å². The highest BCUT2D eigenvalue weighted by molar-refractivity contribution is 7.99. The second kappa shape index (κ2) is 6.62. The minimum absolute atomic E-state index is 0.0621. The SMILES string of the molecule is CCN(C(=O)CSc1nc2ncccc2[nH]1)c1ccccc1. The molecule has 0 saturated carbocycles. The maximum absolute atomic E-state index is 12.4. The van der Waals surface area contributed by atoms with Crippen molar-refractivity contribution in [3.05, 3.63) is 48.7 Å². The molecule has 3 rings (SSSR count). The first-order valence-corrected chi connectivity index (χ1v) is 8.05. The number of rotatable bonds is 5. The minimum Gasteiger partial charge on any atom is -0.332 e. The van der Waals surface area contributed by atoms with E-state index in [0.29, 0.717) is 23.1 Å². The van der Waals surface area contributed by atoms with Crippen molar-refractivity contribution in [2.24, 2.45) is 0 Å². The van der Waals surface area contributed by atoms with Gasteiger partial charge in [-0.15, -0.1) is 0 Å². The Balaban J connectivity index is 1.68. The number of amides is 1. The maximum atomic E-state index is 12.4. The van der Waals surface area contributed by atoms with Crippen molar-refractivity contribution in [1.82, 2.24) is 15.0 Å². The van der Waals surface area contributed by atoms with Crippen LogP contribution in [0.1, 0.15) is 6.92 Å². The number of aromatic nitrogens is 3. The Labute approximate surface area is 132 Å². The number of pyridine rings is 1.